The molecule has 0 nitrogen and oxygen atoms in total. The quantitative estimate of drug-likeness (QED) is 0.403. The topological polar surface area (TPSA) is 0 Å². The second kappa shape index (κ2) is 9.85. The van der Waals surface area contributed by atoms with Gasteiger partial charge in [0.25, 0.3) is 0 Å². The van der Waals surface area contributed by atoms with Gasteiger partial charge in [-0.15, -0.1) is 0 Å². The Labute approximate surface area is 130 Å². The third kappa shape index (κ3) is 9.03. The van der Waals surface area contributed by atoms with E-state index in [-0.39, 0.29) is 0 Å². The third-order valence-corrected chi connectivity index (χ3v) is 5.43. The number of rotatable bonds is 10. The largest absolute Gasteiger partial charge is 0.0625 e. The van der Waals surface area contributed by atoms with Gasteiger partial charge in [0.1, 0.15) is 0 Å². The molecule has 0 N–H and O–H groups in total. The molecule has 0 aromatic carbocycles. The Bertz CT molecular complexity index is 204. The number of hydrogen-bond donors (Lipinski definition) is 0. The highest BCUT2D eigenvalue weighted by Crippen LogP contribution is 2.29. The minimum absolute atomic E-state index is 0.832. The molecule has 0 aliphatic rings. The maximum absolute atomic E-state index is 2.47. The average molecular weight is 283 g/mol. The molecular weight excluding hydrogens is 240 g/mol. The Hall–Kier alpha value is 0. The Morgan fingerprint density at radius 3 is 0.900 bits per heavy atom. The molecule has 0 aliphatic heterocycles. The van der Waals surface area contributed by atoms with Crippen LogP contribution >= 0.6 is 0 Å². The summed E-state index contributed by atoms with van der Waals surface area (Å²) in [5.41, 5.74) is 0. The zero-order valence-electron chi connectivity index (χ0n) is 15.9. The van der Waals surface area contributed by atoms with Gasteiger partial charge in [0.05, 0.1) is 0 Å². The normalized spacial score (nSPS) is 19.9. The van der Waals surface area contributed by atoms with Gasteiger partial charge in [-0.05, 0) is 67.1 Å². The van der Waals surface area contributed by atoms with Gasteiger partial charge in [-0.3, -0.25) is 0 Å². The van der Waals surface area contributed by atoms with E-state index >= 15 is 0 Å². The monoisotopic (exact) mass is 282 g/mol. The van der Waals surface area contributed by atoms with E-state index in [2.05, 4.69) is 62.3 Å². The molecule has 0 fully saturated rings. The zero-order valence-corrected chi connectivity index (χ0v) is 15.9. The SMILES string of the molecule is CC(C[C@@H](C)C[C@@H](C)C(C)C)C[C@H](C)C[C@H](C)C(C)C. The van der Waals surface area contributed by atoms with Crippen LogP contribution in [-0.2, 0) is 0 Å². The molecule has 0 aromatic heterocycles. The Morgan fingerprint density at radius 2 is 0.650 bits per heavy atom. The molecule has 0 heteroatoms. The lowest BCUT2D eigenvalue weighted by molar-refractivity contribution is 0.254. The first-order chi connectivity index (χ1) is 9.13. The van der Waals surface area contributed by atoms with E-state index in [0.29, 0.717) is 0 Å². The molecule has 0 amide bonds. The van der Waals surface area contributed by atoms with E-state index in [1.807, 2.05) is 0 Å². The van der Waals surface area contributed by atoms with Crippen molar-refractivity contribution in [1.29, 1.82) is 0 Å². The van der Waals surface area contributed by atoms with Crippen molar-refractivity contribution in [2.24, 2.45) is 41.4 Å². The van der Waals surface area contributed by atoms with Crippen LogP contribution in [0.25, 0.3) is 0 Å². The molecule has 0 aromatic rings. The highest BCUT2D eigenvalue weighted by Gasteiger charge is 2.18. The van der Waals surface area contributed by atoms with Crippen LogP contribution in [0.1, 0.15) is 88.0 Å². The lowest BCUT2D eigenvalue weighted by Crippen LogP contribution is -2.15. The van der Waals surface area contributed by atoms with Crippen molar-refractivity contribution in [2.45, 2.75) is 88.0 Å². The smallest absolute Gasteiger partial charge is 0.0417 e. The predicted molar refractivity (Wildman–Crippen MR) is 94.0 cm³/mol. The van der Waals surface area contributed by atoms with E-state index in [4.69, 9.17) is 0 Å². The van der Waals surface area contributed by atoms with E-state index in [1.54, 1.807) is 0 Å². The Balaban J connectivity index is 4.00. The van der Waals surface area contributed by atoms with Crippen molar-refractivity contribution in [2.75, 3.05) is 0 Å². The summed E-state index contributed by atoms with van der Waals surface area (Å²) in [5, 5.41) is 0. The second-order valence-corrected chi connectivity index (χ2v) is 8.70. The molecule has 0 spiro atoms. The Kier molecular flexibility index (Phi) is 9.85. The van der Waals surface area contributed by atoms with Crippen LogP contribution in [0.15, 0.2) is 0 Å². The Morgan fingerprint density at radius 1 is 0.400 bits per heavy atom. The molecular formula is C20H42. The first-order valence-corrected chi connectivity index (χ1v) is 9.13. The standard InChI is InChI=1S/C20H42/c1-14(2)19(8)12-17(6)10-16(5)11-18(7)13-20(9)15(3)4/h14-20H,10-13H2,1-9H3/t16?,17-,18+,19-,20+. The van der Waals surface area contributed by atoms with Crippen molar-refractivity contribution >= 4 is 0 Å². The van der Waals surface area contributed by atoms with Gasteiger partial charge >= 0.3 is 0 Å². The van der Waals surface area contributed by atoms with Gasteiger partial charge in [0.15, 0.2) is 0 Å². The van der Waals surface area contributed by atoms with Gasteiger partial charge in [0, 0.05) is 0 Å². The molecule has 5 atom stereocenters. The van der Waals surface area contributed by atoms with Gasteiger partial charge in [0.2, 0.25) is 0 Å². The summed E-state index contributed by atoms with van der Waals surface area (Å²) in [5.74, 6) is 6.07. The van der Waals surface area contributed by atoms with Crippen molar-refractivity contribution in [3.63, 3.8) is 0 Å². The zero-order chi connectivity index (χ0) is 15.9. The highest BCUT2D eigenvalue weighted by molar-refractivity contribution is 4.69. The first-order valence-electron chi connectivity index (χ1n) is 9.13. The number of hydrogen-bond acceptors (Lipinski definition) is 0. The minimum Gasteiger partial charge on any atom is -0.0625 e. The lowest BCUT2D eigenvalue weighted by Gasteiger charge is -2.26. The summed E-state index contributed by atoms with van der Waals surface area (Å²) < 4.78 is 0. The van der Waals surface area contributed by atoms with E-state index in [9.17, 15) is 0 Å². The maximum Gasteiger partial charge on any atom is -0.0417 e. The lowest BCUT2D eigenvalue weighted by atomic mass is 9.80. The molecule has 1 unspecified atom stereocenters. The van der Waals surface area contributed by atoms with Gasteiger partial charge in [-0.25, -0.2) is 0 Å². The molecule has 0 aliphatic carbocycles. The van der Waals surface area contributed by atoms with Gasteiger partial charge in [-0.2, -0.15) is 0 Å². The van der Waals surface area contributed by atoms with Crippen LogP contribution in [0, 0.1) is 41.4 Å². The van der Waals surface area contributed by atoms with Crippen LogP contribution in [-0.4, -0.2) is 0 Å². The van der Waals surface area contributed by atoms with Gasteiger partial charge in [-0.1, -0.05) is 62.3 Å². The summed E-state index contributed by atoms with van der Waals surface area (Å²) >= 11 is 0. The summed E-state index contributed by atoms with van der Waals surface area (Å²) in [7, 11) is 0. The van der Waals surface area contributed by atoms with Crippen LogP contribution in [0.5, 0.6) is 0 Å². The summed E-state index contributed by atoms with van der Waals surface area (Å²) in [6.45, 7) is 21.6. The molecule has 0 saturated carbocycles. The van der Waals surface area contributed by atoms with Gasteiger partial charge < -0.3 is 0 Å². The van der Waals surface area contributed by atoms with Crippen LogP contribution < -0.4 is 0 Å². The minimum atomic E-state index is 0.832. The van der Waals surface area contributed by atoms with Crippen LogP contribution in [0.4, 0.5) is 0 Å². The molecule has 0 saturated heterocycles. The fourth-order valence-corrected chi connectivity index (χ4v) is 3.48. The fraction of sp³-hybridized carbons (Fsp3) is 1.00. The molecule has 0 bridgehead atoms. The van der Waals surface area contributed by atoms with Crippen LogP contribution in [0.2, 0.25) is 0 Å². The van der Waals surface area contributed by atoms with Crippen LogP contribution in [0.3, 0.4) is 0 Å². The van der Waals surface area contributed by atoms with Crippen molar-refractivity contribution in [1.82, 2.24) is 0 Å². The molecule has 122 valence electrons. The first kappa shape index (κ1) is 20.0. The molecule has 0 heterocycles. The van der Waals surface area contributed by atoms with E-state index in [0.717, 1.165) is 41.4 Å². The second-order valence-electron chi connectivity index (χ2n) is 8.70. The molecule has 20 heavy (non-hydrogen) atoms. The van der Waals surface area contributed by atoms with E-state index < -0.39 is 0 Å². The third-order valence-electron chi connectivity index (χ3n) is 5.43. The molecule has 0 rings (SSSR count). The predicted octanol–water partition coefficient (Wildman–Crippen LogP) is 7.04. The van der Waals surface area contributed by atoms with Crippen molar-refractivity contribution in [3.8, 4) is 0 Å². The highest BCUT2D eigenvalue weighted by atomic mass is 14.2. The van der Waals surface area contributed by atoms with E-state index in [1.165, 1.54) is 25.7 Å². The maximum atomic E-state index is 2.47. The van der Waals surface area contributed by atoms with Crippen molar-refractivity contribution in [3.05, 3.63) is 0 Å². The average Bonchev–Trinajstić information content (AvgIpc) is 2.27. The summed E-state index contributed by atoms with van der Waals surface area (Å²) in [6.07, 6.45) is 5.63. The van der Waals surface area contributed by atoms with Crippen molar-refractivity contribution < 1.29 is 0 Å². The fourth-order valence-electron chi connectivity index (χ4n) is 3.48. The summed E-state index contributed by atoms with van der Waals surface area (Å²) in [4.78, 5) is 0. The molecule has 0 radical (unpaired) electrons. The summed E-state index contributed by atoms with van der Waals surface area (Å²) in [6, 6.07) is 0.